The first kappa shape index (κ1) is 21.7. The number of aromatic nitrogens is 3. The van der Waals surface area contributed by atoms with Gasteiger partial charge in [0.05, 0.1) is 0 Å². The number of hydrogen-bond donors (Lipinski definition) is 2. The SMILES string of the molecule is Cc1nc(-c2ccncc2)[nH]c(=O)c1CCC(=O)Nc1ccc(N2CCCCCC2)cc1. The highest BCUT2D eigenvalue weighted by atomic mass is 16.1. The van der Waals surface area contributed by atoms with Gasteiger partial charge >= 0.3 is 0 Å². The van der Waals surface area contributed by atoms with Gasteiger partial charge in [-0.15, -0.1) is 0 Å². The lowest BCUT2D eigenvalue weighted by molar-refractivity contribution is -0.116. The van der Waals surface area contributed by atoms with Crippen molar-refractivity contribution in [1.29, 1.82) is 0 Å². The van der Waals surface area contributed by atoms with Crippen LogP contribution in [0.4, 0.5) is 11.4 Å². The molecule has 3 aromatic rings. The van der Waals surface area contributed by atoms with Crippen LogP contribution in [-0.4, -0.2) is 33.9 Å². The molecule has 2 aromatic heterocycles. The van der Waals surface area contributed by atoms with Crippen molar-refractivity contribution in [3.05, 3.63) is 70.4 Å². The van der Waals surface area contributed by atoms with Gasteiger partial charge in [-0.2, -0.15) is 0 Å². The van der Waals surface area contributed by atoms with Crippen molar-refractivity contribution in [3.8, 4) is 11.4 Å². The fourth-order valence-electron chi connectivity index (χ4n) is 4.10. The van der Waals surface area contributed by atoms with Gasteiger partial charge in [-0.05, 0) is 62.6 Å². The quantitative estimate of drug-likeness (QED) is 0.613. The van der Waals surface area contributed by atoms with Gasteiger partial charge in [0.2, 0.25) is 5.91 Å². The molecule has 166 valence electrons. The number of H-pyrrole nitrogens is 1. The van der Waals surface area contributed by atoms with Crippen LogP contribution in [0.2, 0.25) is 0 Å². The average molecular weight is 432 g/mol. The van der Waals surface area contributed by atoms with Crippen molar-refractivity contribution in [2.75, 3.05) is 23.3 Å². The van der Waals surface area contributed by atoms with E-state index >= 15 is 0 Å². The molecule has 4 rings (SSSR count). The van der Waals surface area contributed by atoms with Crippen LogP contribution in [-0.2, 0) is 11.2 Å². The first-order valence-electron chi connectivity index (χ1n) is 11.3. The highest BCUT2D eigenvalue weighted by molar-refractivity contribution is 5.91. The Kier molecular flexibility index (Phi) is 6.94. The zero-order chi connectivity index (χ0) is 22.3. The topological polar surface area (TPSA) is 91.0 Å². The van der Waals surface area contributed by atoms with Crippen molar-refractivity contribution < 1.29 is 4.79 Å². The van der Waals surface area contributed by atoms with Gasteiger partial charge in [0.1, 0.15) is 5.82 Å². The van der Waals surface area contributed by atoms with Gasteiger partial charge in [0, 0.05) is 60.1 Å². The Bertz CT molecular complexity index is 1100. The minimum atomic E-state index is -0.209. The van der Waals surface area contributed by atoms with Crippen molar-refractivity contribution in [2.24, 2.45) is 0 Å². The number of rotatable bonds is 6. The molecule has 1 fully saturated rings. The predicted molar refractivity (Wildman–Crippen MR) is 127 cm³/mol. The molecule has 0 spiro atoms. The van der Waals surface area contributed by atoms with Gasteiger partial charge in [-0.1, -0.05) is 12.8 Å². The summed E-state index contributed by atoms with van der Waals surface area (Å²) < 4.78 is 0. The summed E-state index contributed by atoms with van der Waals surface area (Å²) in [5, 5.41) is 2.93. The first-order chi connectivity index (χ1) is 15.6. The molecule has 3 heterocycles. The number of aromatic amines is 1. The van der Waals surface area contributed by atoms with E-state index in [9.17, 15) is 9.59 Å². The van der Waals surface area contributed by atoms with Gasteiger partial charge in [-0.3, -0.25) is 14.6 Å². The number of carbonyl (C=O) groups excluding carboxylic acids is 1. The molecule has 1 aliphatic rings. The summed E-state index contributed by atoms with van der Waals surface area (Å²) in [5.41, 5.74) is 3.73. The van der Waals surface area contributed by atoms with E-state index in [1.807, 2.05) is 12.1 Å². The fourth-order valence-corrected chi connectivity index (χ4v) is 4.10. The van der Waals surface area contributed by atoms with Crippen LogP contribution in [0.5, 0.6) is 0 Å². The normalized spacial score (nSPS) is 14.1. The van der Waals surface area contributed by atoms with Gasteiger partial charge < -0.3 is 15.2 Å². The van der Waals surface area contributed by atoms with E-state index in [1.54, 1.807) is 31.5 Å². The van der Waals surface area contributed by atoms with Crippen LogP contribution >= 0.6 is 0 Å². The van der Waals surface area contributed by atoms with Crippen molar-refractivity contribution in [3.63, 3.8) is 0 Å². The zero-order valence-electron chi connectivity index (χ0n) is 18.4. The zero-order valence-corrected chi connectivity index (χ0v) is 18.4. The lowest BCUT2D eigenvalue weighted by atomic mass is 10.1. The van der Waals surface area contributed by atoms with E-state index in [2.05, 4.69) is 37.3 Å². The third-order valence-corrected chi connectivity index (χ3v) is 5.90. The molecule has 1 saturated heterocycles. The van der Waals surface area contributed by atoms with Gasteiger partial charge in [-0.25, -0.2) is 4.98 Å². The lowest BCUT2D eigenvalue weighted by Gasteiger charge is -2.22. The highest BCUT2D eigenvalue weighted by Gasteiger charge is 2.13. The molecule has 0 atom stereocenters. The van der Waals surface area contributed by atoms with E-state index in [0.29, 0.717) is 23.5 Å². The average Bonchev–Trinajstić information content (AvgIpc) is 3.09. The Morgan fingerprint density at radius 3 is 2.38 bits per heavy atom. The second-order valence-electron chi connectivity index (χ2n) is 8.21. The molecule has 0 radical (unpaired) electrons. The maximum atomic E-state index is 12.6. The molecular formula is C25H29N5O2. The smallest absolute Gasteiger partial charge is 0.254 e. The second-order valence-corrected chi connectivity index (χ2v) is 8.21. The Morgan fingerprint density at radius 1 is 1.03 bits per heavy atom. The molecule has 0 bridgehead atoms. The predicted octanol–water partition coefficient (Wildman–Crippen LogP) is 4.09. The number of nitrogens with zero attached hydrogens (tertiary/aromatic N) is 3. The number of aryl methyl sites for hydroxylation is 1. The van der Waals surface area contributed by atoms with Crippen molar-refractivity contribution >= 4 is 17.3 Å². The molecule has 32 heavy (non-hydrogen) atoms. The van der Waals surface area contributed by atoms with Crippen LogP contribution in [0.25, 0.3) is 11.4 Å². The molecule has 7 heteroatoms. The lowest BCUT2D eigenvalue weighted by Crippen LogP contribution is -2.23. The molecule has 1 amide bonds. The number of hydrogen-bond acceptors (Lipinski definition) is 5. The molecule has 2 N–H and O–H groups in total. The summed E-state index contributed by atoms with van der Waals surface area (Å²) in [7, 11) is 0. The third kappa shape index (κ3) is 5.41. The van der Waals surface area contributed by atoms with E-state index in [4.69, 9.17) is 0 Å². The van der Waals surface area contributed by atoms with E-state index < -0.39 is 0 Å². The number of anilines is 2. The molecule has 0 unspecified atom stereocenters. The Hall–Kier alpha value is -3.48. The van der Waals surface area contributed by atoms with E-state index in [1.165, 1.54) is 31.4 Å². The number of carbonyl (C=O) groups is 1. The van der Waals surface area contributed by atoms with Gasteiger partial charge in [0.25, 0.3) is 5.56 Å². The Balaban J connectivity index is 1.35. The Labute approximate surface area is 187 Å². The van der Waals surface area contributed by atoms with Crippen LogP contribution in [0.15, 0.2) is 53.6 Å². The number of nitrogens with one attached hydrogen (secondary N) is 2. The summed E-state index contributed by atoms with van der Waals surface area (Å²) in [4.78, 5) is 38.8. The van der Waals surface area contributed by atoms with Crippen molar-refractivity contribution in [2.45, 2.75) is 45.4 Å². The molecule has 1 aromatic carbocycles. The van der Waals surface area contributed by atoms with Crippen LogP contribution < -0.4 is 15.8 Å². The van der Waals surface area contributed by atoms with Gasteiger partial charge in [0.15, 0.2) is 0 Å². The van der Waals surface area contributed by atoms with Crippen LogP contribution in [0.3, 0.4) is 0 Å². The molecular weight excluding hydrogens is 402 g/mol. The first-order valence-corrected chi connectivity index (χ1v) is 11.3. The number of pyridine rings is 1. The molecule has 1 aliphatic heterocycles. The largest absolute Gasteiger partial charge is 0.372 e. The number of benzene rings is 1. The Morgan fingerprint density at radius 2 is 1.72 bits per heavy atom. The summed E-state index contributed by atoms with van der Waals surface area (Å²) in [5.74, 6) is 0.386. The maximum absolute atomic E-state index is 12.6. The monoisotopic (exact) mass is 431 g/mol. The summed E-state index contributed by atoms with van der Waals surface area (Å²) >= 11 is 0. The van der Waals surface area contributed by atoms with E-state index in [-0.39, 0.29) is 17.9 Å². The maximum Gasteiger partial charge on any atom is 0.254 e. The molecule has 0 aliphatic carbocycles. The van der Waals surface area contributed by atoms with Crippen molar-refractivity contribution in [1.82, 2.24) is 15.0 Å². The fraction of sp³-hybridized carbons (Fsp3) is 0.360. The molecule has 7 nitrogen and oxygen atoms in total. The second kappa shape index (κ2) is 10.2. The minimum Gasteiger partial charge on any atom is -0.372 e. The third-order valence-electron chi connectivity index (χ3n) is 5.90. The summed E-state index contributed by atoms with van der Waals surface area (Å²) in [6.07, 6.45) is 8.93. The summed E-state index contributed by atoms with van der Waals surface area (Å²) in [6, 6.07) is 11.6. The highest BCUT2D eigenvalue weighted by Crippen LogP contribution is 2.22. The minimum absolute atomic E-state index is 0.121. The summed E-state index contributed by atoms with van der Waals surface area (Å²) in [6.45, 7) is 3.98. The van der Waals surface area contributed by atoms with Crippen LogP contribution in [0, 0.1) is 6.92 Å². The molecule has 0 saturated carbocycles. The van der Waals surface area contributed by atoms with E-state index in [0.717, 1.165) is 24.3 Å². The standard InChI is InChI=1S/C25H29N5O2/c1-18-22(25(32)29-24(27-18)19-12-14-26-15-13-19)10-11-23(31)28-20-6-8-21(9-7-20)30-16-4-2-3-5-17-30/h6-9,12-15H,2-5,10-11,16-17H2,1H3,(H,28,31)(H,27,29,32). The van der Waals surface area contributed by atoms with Crippen LogP contribution in [0.1, 0.15) is 43.4 Å². The number of amides is 1.